The number of aromatic nitrogens is 1. The molecule has 0 aliphatic heterocycles. The van der Waals surface area contributed by atoms with Gasteiger partial charge in [0.1, 0.15) is 11.2 Å². The molecule has 0 radical (unpaired) electrons. The van der Waals surface area contributed by atoms with Crippen molar-refractivity contribution in [3.63, 3.8) is 0 Å². The predicted octanol–water partition coefficient (Wildman–Crippen LogP) is 12.1. The Labute approximate surface area is 266 Å². The van der Waals surface area contributed by atoms with Crippen molar-refractivity contribution < 1.29 is 4.42 Å². The Bertz CT molecular complexity index is 2510. The predicted molar refractivity (Wildman–Crippen MR) is 192 cm³/mol. The third-order valence-electron chi connectivity index (χ3n) is 8.89. The van der Waals surface area contributed by atoms with E-state index in [4.69, 9.17) is 4.42 Å². The quantitative estimate of drug-likeness (QED) is 0.200. The molecule has 0 aliphatic carbocycles. The van der Waals surface area contributed by atoms with E-state index in [1.54, 1.807) is 0 Å². The van der Waals surface area contributed by atoms with Gasteiger partial charge in [-0.15, -0.1) is 0 Å². The summed E-state index contributed by atoms with van der Waals surface area (Å²) in [5.74, 6) is 0. The normalized spacial score (nSPS) is 11.5. The maximum Gasteiger partial charge on any atom is 0.136 e. The molecule has 0 saturated carbocycles. The van der Waals surface area contributed by atoms with Crippen LogP contribution < -0.4 is 4.90 Å². The number of benzene rings is 7. The van der Waals surface area contributed by atoms with Crippen LogP contribution in [0.5, 0.6) is 0 Å². The SMILES string of the molecule is c1ccc(-c2ccc(N(c3ccc(-c4cccc5ccccc45)cc3)c3ccc4oc5cc6cccnc6cc5c4c3)cc2)cc1. The zero-order valence-electron chi connectivity index (χ0n) is 25.0. The standard InChI is InChI=1S/C43H28N2O/c1-2-8-29(9-3-1)30-15-19-34(20-16-30)45(35-21-17-32(18-22-35)38-14-6-11-31-10-4-5-13-37(31)38)36-23-24-42-39(27-36)40-28-41-33(12-7-25-44-41)26-43(40)46-42/h1-28H. The molecule has 7 aromatic carbocycles. The number of pyridine rings is 1. The van der Waals surface area contributed by atoms with Gasteiger partial charge in [0.2, 0.25) is 0 Å². The highest BCUT2D eigenvalue weighted by Gasteiger charge is 2.17. The molecule has 0 N–H and O–H groups in total. The van der Waals surface area contributed by atoms with Gasteiger partial charge in [0.25, 0.3) is 0 Å². The summed E-state index contributed by atoms with van der Waals surface area (Å²) in [6.07, 6.45) is 1.84. The van der Waals surface area contributed by atoms with E-state index < -0.39 is 0 Å². The molecule has 9 rings (SSSR count). The molecule has 0 aliphatic rings. The van der Waals surface area contributed by atoms with Crippen molar-refractivity contribution in [2.45, 2.75) is 0 Å². The van der Waals surface area contributed by atoms with E-state index in [9.17, 15) is 0 Å². The summed E-state index contributed by atoms with van der Waals surface area (Å²) in [5.41, 5.74) is 10.7. The molecule has 0 fully saturated rings. The molecule has 46 heavy (non-hydrogen) atoms. The summed E-state index contributed by atoms with van der Waals surface area (Å²) < 4.78 is 6.32. The number of hydrogen-bond donors (Lipinski definition) is 0. The number of rotatable bonds is 5. The van der Waals surface area contributed by atoms with Crippen molar-refractivity contribution in [1.29, 1.82) is 0 Å². The van der Waals surface area contributed by atoms with Crippen molar-refractivity contribution in [3.05, 3.63) is 170 Å². The average Bonchev–Trinajstić information content (AvgIpc) is 3.48. The Balaban J connectivity index is 1.19. The fourth-order valence-electron chi connectivity index (χ4n) is 6.62. The van der Waals surface area contributed by atoms with Gasteiger partial charge in [-0.1, -0.05) is 103 Å². The van der Waals surface area contributed by atoms with Crippen LogP contribution in [0, 0.1) is 0 Å². The second-order valence-corrected chi connectivity index (χ2v) is 11.6. The third kappa shape index (κ3) is 4.49. The molecular formula is C43H28N2O. The number of hydrogen-bond acceptors (Lipinski definition) is 3. The van der Waals surface area contributed by atoms with Crippen LogP contribution in [0.2, 0.25) is 0 Å². The first-order chi connectivity index (χ1) is 22.8. The number of anilines is 3. The fourth-order valence-corrected chi connectivity index (χ4v) is 6.62. The molecule has 0 bridgehead atoms. The van der Waals surface area contributed by atoms with Crippen LogP contribution in [-0.2, 0) is 0 Å². The molecule has 0 spiro atoms. The van der Waals surface area contributed by atoms with Crippen LogP contribution in [0.4, 0.5) is 17.1 Å². The van der Waals surface area contributed by atoms with Crippen LogP contribution >= 0.6 is 0 Å². The number of fused-ring (bicyclic) bond motifs is 5. The summed E-state index contributed by atoms with van der Waals surface area (Å²) in [7, 11) is 0. The zero-order chi connectivity index (χ0) is 30.5. The average molecular weight is 589 g/mol. The van der Waals surface area contributed by atoms with Gasteiger partial charge in [-0.05, 0) is 93.7 Å². The lowest BCUT2D eigenvalue weighted by Crippen LogP contribution is -2.09. The summed E-state index contributed by atoms with van der Waals surface area (Å²) >= 11 is 0. The molecular weight excluding hydrogens is 560 g/mol. The Hall–Kier alpha value is -6.19. The third-order valence-corrected chi connectivity index (χ3v) is 8.89. The first-order valence-electron chi connectivity index (χ1n) is 15.5. The molecule has 3 nitrogen and oxygen atoms in total. The molecule has 0 atom stereocenters. The lowest BCUT2D eigenvalue weighted by molar-refractivity contribution is 0.669. The highest BCUT2D eigenvalue weighted by Crippen LogP contribution is 2.41. The maximum atomic E-state index is 6.32. The van der Waals surface area contributed by atoms with Crippen LogP contribution in [0.15, 0.2) is 174 Å². The summed E-state index contributed by atoms with van der Waals surface area (Å²) in [4.78, 5) is 6.92. The van der Waals surface area contributed by atoms with Crippen LogP contribution in [-0.4, -0.2) is 4.98 Å². The van der Waals surface area contributed by atoms with E-state index in [0.29, 0.717) is 0 Å². The first kappa shape index (κ1) is 26.2. The number of nitrogens with zero attached hydrogens (tertiary/aromatic N) is 2. The minimum absolute atomic E-state index is 0.861. The van der Waals surface area contributed by atoms with Crippen molar-refractivity contribution in [1.82, 2.24) is 4.98 Å². The molecule has 2 aromatic heterocycles. The van der Waals surface area contributed by atoms with E-state index in [-0.39, 0.29) is 0 Å². The van der Waals surface area contributed by atoms with Gasteiger partial charge >= 0.3 is 0 Å². The molecule has 216 valence electrons. The molecule has 9 aromatic rings. The lowest BCUT2D eigenvalue weighted by atomic mass is 9.98. The molecule has 2 heterocycles. The van der Waals surface area contributed by atoms with Crippen LogP contribution in [0.3, 0.4) is 0 Å². The monoisotopic (exact) mass is 588 g/mol. The fraction of sp³-hybridized carbons (Fsp3) is 0. The van der Waals surface area contributed by atoms with Crippen LogP contribution in [0.25, 0.3) is 65.9 Å². The smallest absolute Gasteiger partial charge is 0.136 e. The highest BCUT2D eigenvalue weighted by atomic mass is 16.3. The summed E-state index contributed by atoms with van der Waals surface area (Å²) in [6.45, 7) is 0. The first-order valence-corrected chi connectivity index (χ1v) is 15.5. The lowest BCUT2D eigenvalue weighted by Gasteiger charge is -2.26. The molecule has 0 saturated heterocycles. The molecule has 0 amide bonds. The van der Waals surface area contributed by atoms with Gasteiger partial charge in [-0.3, -0.25) is 4.98 Å². The number of furan rings is 1. The van der Waals surface area contributed by atoms with E-state index in [0.717, 1.165) is 49.9 Å². The van der Waals surface area contributed by atoms with Gasteiger partial charge in [0.15, 0.2) is 0 Å². The van der Waals surface area contributed by atoms with Gasteiger partial charge in [0, 0.05) is 39.4 Å². The Morgan fingerprint density at radius 1 is 0.413 bits per heavy atom. The van der Waals surface area contributed by atoms with Gasteiger partial charge < -0.3 is 9.32 Å². The minimum atomic E-state index is 0.861. The van der Waals surface area contributed by atoms with E-state index in [1.807, 2.05) is 12.3 Å². The topological polar surface area (TPSA) is 29.3 Å². The Morgan fingerprint density at radius 2 is 1.07 bits per heavy atom. The van der Waals surface area contributed by atoms with E-state index in [2.05, 4.69) is 168 Å². The molecule has 0 unspecified atom stereocenters. The minimum Gasteiger partial charge on any atom is -0.456 e. The van der Waals surface area contributed by atoms with Gasteiger partial charge in [-0.25, -0.2) is 0 Å². The summed E-state index contributed by atoms with van der Waals surface area (Å²) in [5, 5.41) is 5.70. The summed E-state index contributed by atoms with van der Waals surface area (Å²) in [6, 6.07) is 58.0. The van der Waals surface area contributed by atoms with Crippen molar-refractivity contribution in [2.24, 2.45) is 0 Å². The second kappa shape index (κ2) is 10.8. The second-order valence-electron chi connectivity index (χ2n) is 11.6. The van der Waals surface area contributed by atoms with Crippen molar-refractivity contribution in [2.75, 3.05) is 4.90 Å². The molecule has 3 heteroatoms. The van der Waals surface area contributed by atoms with E-state index in [1.165, 1.54) is 33.0 Å². The van der Waals surface area contributed by atoms with Crippen molar-refractivity contribution >= 4 is 60.7 Å². The Morgan fingerprint density at radius 3 is 1.89 bits per heavy atom. The van der Waals surface area contributed by atoms with Gasteiger partial charge in [-0.2, -0.15) is 0 Å². The maximum absolute atomic E-state index is 6.32. The zero-order valence-corrected chi connectivity index (χ0v) is 25.0. The Kier molecular flexibility index (Phi) is 6.14. The largest absolute Gasteiger partial charge is 0.456 e. The highest BCUT2D eigenvalue weighted by molar-refractivity contribution is 6.10. The van der Waals surface area contributed by atoms with Crippen molar-refractivity contribution in [3.8, 4) is 22.3 Å². The van der Waals surface area contributed by atoms with Gasteiger partial charge in [0.05, 0.1) is 5.52 Å². The van der Waals surface area contributed by atoms with E-state index >= 15 is 0 Å². The van der Waals surface area contributed by atoms with Crippen LogP contribution in [0.1, 0.15) is 0 Å².